The number of amides is 1. The zero-order valence-electron chi connectivity index (χ0n) is 10.5. The summed E-state index contributed by atoms with van der Waals surface area (Å²) >= 11 is 0. The summed E-state index contributed by atoms with van der Waals surface area (Å²) in [5.74, 6) is 0.142. The third-order valence-electron chi connectivity index (χ3n) is 3.86. The lowest BCUT2D eigenvalue weighted by atomic mass is 9.83. The summed E-state index contributed by atoms with van der Waals surface area (Å²) < 4.78 is 5.00. The van der Waals surface area contributed by atoms with E-state index in [2.05, 4.69) is 0 Å². The molecule has 1 amide bonds. The first-order chi connectivity index (χ1) is 8.04. The highest BCUT2D eigenvalue weighted by Gasteiger charge is 2.44. The maximum atomic E-state index is 12.4. The largest absolute Gasteiger partial charge is 0.472 e. The lowest BCUT2D eigenvalue weighted by Crippen LogP contribution is -2.47. The molecule has 1 aliphatic carbocycles. The Morgan fingerprint density at radius 2 is 2.47 bits per heavy atom. The van der Waals surface area contributed by atoms with Crippen molar-refractivity contribution in [1.82, 2.24) is 4.90 Å². The maximum absolute atomic E-state index is 12.4. The number of hydrogen-bond acceptors (Lipinski definition) is 3. The summed E-state index contributed by atoms with van der Waals surface area (Å²) in [7, 11) is 1.83. The topological polar surface area (TPSA) is 59.5 Å². The fourth-order valence-corrected chi connectivity index (χ4v) is 2.62. The Kier molecular flexibility index (Phi) is 3.24. The van der Waals surface area contributed by atoms with Crippen molar-refractivity contribution < 1.29 is 9.21 Å². The van der Waals surface area contributed by atoms with Gasteiger partial charge in [-0.25, -0.2) is 0 Å². The average molecular weight is 236 g/mol. The average Bonchev–Trinajstić information content (AvgIpc) is 2.90. The van der Waals surface area contributed by atoms with E-state index in [1.165, 1.54) is 0 Å². The molecule has 1 saturated carbocycles. The van der Waals surface area contributed by atoms with E-state index in [0.29, 0.717) is 6.54 Å². The van der Waals surface area contributed by atoms with Crippen LogP contribution in [0.4, 0.5) is 0 Å². The molecule has 1 aromatic rings. The van der Waals surface area contributed by atoms with Gasteiger partial charge in [-0.05, 0) is 25.8 Å². The Bertz CT molecular complexity index is 388. The predicted octanol–water partition coefficient (Wildman–Crippen LogP) is 1.76. The summed E-state index contributed by atoms with van der Waals surface area (Å²) in [6.07, 6.45) is 6.17. The van der Waals surface area contributed by atoms with Crippen LogP contribution in [-0.2, 0) is 11.3 Å². The molecule has 4 heteroatoms. The standard InChI is InChI=1S/C13H20N2O2/c1-13(6-3-4-11(13)14)12(16)15(2)8-10-5-7-17-9-10/h5,7,9,11H,3-4,6,8,14H2,1-2H3. The second kappa shape index (κ2) is 4.53. The van der Waals surface area contributed by atoms with Crippen molar-refractivity contribution in [2.45, 2.75) is 38.8 Å². The van der Waals surface area contributed by atoms with Gasteiger partial charge in [0.1, 0.15) is 0 Å². The molecule has 94 valence electrons. The van der Waals surface area contributed by atoms with Gasteiger partial charge in [-0.15, -0.1) is 0 Å². The van der Waals surface area contributed by atoms with Crippen molar-refractivity contribution in [3.63, 3.8) is 0 Å². The van der Waals surface area contributed by atoms with E-state index in [4.69, 9.17) is 10.2 Å². The zero-order chi connectivity index (χ0) is 12.5. The van der Waals surface area contributed by atoms with Gasteiger partial charge < -0.3 is 15.1 Å². The predicted molar refractivity (Wildman–Crippen MR) is 65.1 cm³/mol. The number of nitrogens with zero attached hydrogens (tertiary/aromatic N) is 1. The number of furan rings is 1. The molecule has 1 fully saturated rings. The molecule has 2 rings (SSSR count). The van der Waals surface area contributed by atoms with E-state index in [1.807, 2.05) is 20.0 Å². The Hall–Kier alpha value is -1.29. The Morgan fingerprint density at radius 1 is 1.71 bits per heavy atom. The van der Waals surface area contributed by atoms with Crippen molar-refractivity contribution in [1.29, 1.82) is 0 Å². The molecule has 2 N–H and O–H groups in total. The summed E-state index contributed by atoms with van der Waals surface area (Å²) in [5.41, 5.74) is 6.68. The molecule has 0 aromatic carbocycles. The SMILES string of the molecule is CN(Cc1ccoc1)C(=O)C1(C)CCCC1N. The fourth-order valence-electron chi connectivity index (χ4n) is 2.62. The molecule has 0 spiro atoms. The molecule has 1 heterocycles. The Balaban J connectivity index is 2.04. The van der Waals surface area contributed by atoms with Crippen LogP contribution >= 0.6 is 0 Å². The first-order valence-corrected chi connectivity index (χ1v) is 6.06. The second-order valence-corrected chi connectivity index (χ2v) is 5.21. The van der Waals surface area contributed by atoms with Gasteiger partial charge in [-0.2, -0.15) is 0 Å². The van der Waals surface area contributed by atoms with Crippen LogP contribution in [0.15, 0.2) is 23.0 Å². The zero-order valence-corrected chi connectivity index (χ0v) is 10.5. The first kappa shape index (κ1) is 12.2. The van der Waals surface area contributed by atoms with Crippen molar-refractivity contribution in [3.8, 4) is 0 Å². The number of nitrogens with two attached hydrogens (primary N) is 1. The van der Waals surface area contributed by atoms with Crippen LogP contribution in [0.2, 0.25) is 0 Å². The van der Waals surface area contributed by atoms with Crippen LogP contribution in [0.1, 0.15) is 31.7 Å². The molecule has 4 nitrogen and oxygen atoms in total. The van der Waals surface area contributed by atoms with Gasteiger partial charge in [-0.3, -0.25) is 4.79 Å². The number of carbonyl (C=O) groups is 1. The monoisotopic (exact) mass is 236 g/mol. The number of rotatable bonds is 3. The summed E-state index contributed by atoms with van der Waals surface area (Å²) in [6, 6.07) is 1.86. The van der Waals surface area contributed by atoms with Crippen molar-refractivity contribution in [2.75, 3.05) is 7.05 Å². The van der Waals surface area contributed by atoms with E-state index in [1.54, 1.807) is 17.4 Å². The molecule has 0 radical (unpaired) electrons. The second-order valence-electron chi connectivity index (χ2n) is 5.21. The number of carbonyl (C=O) groups excluding carboxylic acids is 1. The van der Waals surface area contributed by atoms with Crippen LogP contribution in [0.25, 0.3) is 0 Å². The molecule has 1 aliphatic rings. The lowest BCUT2D eigenvalue weighted by molar-refractivity contribution is -0.140. The smallest absolute Gasteiger partial charge is 0.230 e. The molecule has 2 unspecified atom stereocenters. The van der Waals surface area contributed by atoms with Gasteiger partial charge in [0.05, 0.1) is 17.9 Å². The van der Waals surface area contributed by atoms with Crippen LogP contribution in [0.5, 0.6) is 0 Å². The maximum Gasteiger partial charge on any atom is 0.230 e. The lowest BCUT2D eigenvalue weighted by Gasteiger charge is -2.32. The van der Waals surface area contributed by atoms with Gasteiger partial charge >= 0.3 is 0 Å². The first-order valence-electron chi connectivity index (χ1n) is 6.06. The van der Waals surface area contributed by atoms with Crippen LogP contribution < -0.4 is 5.73 Å². The van der Waals surface area contributed by atoms with E-state index < -0.39 is 5.41 Å². The molecule has 0 bridgehead atoms. The normalized spacial score (nSPS) is 28.3. The molecule has 1 aromatic heterocycles. The molecule has 2 atom stereocenters. The fraction of sp³-hybridized carbons (Fsp3) is 0.615. The number of hydrogen-bond donors (Lipinski definition) is 1. The summed E-state index contributed by atoms with van der Waals surface area (Å²) in [5, 5.41) is 0. The van der Waals surface area contributed by atoms with Crippen LogP contribution in [0.3, 0.4) is 0 Å². The van der Waals surface area contributed by atoms with Gasteiger partial charge in [0.15, 0.2) is 0 Å². The molecule has 17 heavy (non-hydrogen) atoms. The molecule has 0 saturated heterocycles. The minimum atomic E-state index is -0.390. The van der Waals surface area contributed by atoms with E-state index >= 15 is 0 Å². The van der Waals surface area contributed by atoms with Crippen molar-refractivity contribution in [2.24, 2.45) is 11.1 Å². The van der Waals surface area contributed by atoms with Crippen molar-refractivity contribution in [3.05, 3.63) is 24.2 Å². The van der Waals surface area contributed by atoms with Gasteiger partial charge in [-0.1, -0.05) is 6.42 Å². The third kappa shape index (κ3) is 2.22. The van der Waals surface area contributed by atoms with Crippen LogP contribution in [0, 0.1) is 5.41 Å². The summed E-state index contributed by atoms with van der Waals surface area (Å²) in [6.45, 7) is 2.57. The third-order valence-corrected chi connectivity index (χ3v) is 3.86. The van der Waals surface area contributed by atoms with Gasteiger partial charge in [0, 0.05) is 25.2 Å². The van der Waals surface area contributed by atoms with E-state index in [0.717, 1.165) is 24.8 Å². The van der Waals surface area contributed by atoms with E-state index in [9.17, 15) is 4.79 Å². The Labute approximate surface area is 102 Å². The van der Waals surface area contributed by atoms with E-state index in [-0.39, 0.29) is 11.9 Å². The van der Waals surface area contributed by atoms with Gasteiger partial charge in [0.25, 0.3) is 0 Å². The molecular weight excluding hydrogens is 216 g/mol. The van der Waals surface area contributed by atoms with Gasteiger partial charge in [0.2, 0.25) is 5.91 Å². The highest BCUT2D eigenvalue weighted by molar-refractivity contribution is 5.83. The molecular formula is C13H20N2O2. The highest BCUT2D eigenvalue weighted by atomic mass is 16.3. The van der Waals surface area contributed by atoms with Crippen molar-refractivity contribution >= 4 is 5.91 Å². The highest BCUT2D eigenvalue weighted by Crippen LogP contribution is 2.38. The summed E-state index contributed by atoms with van der Waals surface area (Å²) in [4.78, 5) is 14.2. The minimum Gasteiger partial charge on any atom is -0.472 e. The molecule has 0 aliphatic heterocycles. The minimum absolute atomic E-state index is 0.0122. The quantitative estimate of drug-likeness (QED) is 0.869. The Morgan fingerprint density at radius 3 is 3.00 bits per heavy atom. The van der Waals surface area contributed by atoms with Crippen LogP contribution in [-0.4, -0.2) is 23.9 Å².